The lowest BCUT2D eigenvalue weighted by Gasteiger charge is -1.96. The number of hydrogen-bond donors (Lipinski definition) is 0. The second-order valence-corrected chi connectivity index (χ2v) is 2.37. The summed E-state index contributed by atoms with van der Waals surface area (Å²) in [5.41, 5.74) is 0. The third kappa shape index (κ3) is 2.09. The smallest absolute Gasteiger partial charge is 0.166 e. The van der Waals surface area contributed by atoms with Crippen molar-refractivity contribution in [3.8, 4) is 0 Å². The predicted molar refractivity (Wildman–Crippen MR) is 39.4 cm³/mol. The zero-order chi connectivity index (χ0) is 8.97. The molecule has 0 aliphatic carbocycles. The number of aryl methyl sites for hydroxylation is 1. The number of methoxy groups -OCH3 is 1. The molecular formula is C6H10N4O2. The number of carbonyl (C=O) groups excluding carboxylic acids is 1. The van der Waals surface area contributed by atoms with Gasteiger partial charge in [-0.25, -0.2) is 4.68 Å². The Balaban J connectivity index is 2.52. The number of hydrogen-bond acceptors (Lipinski definition) is 5. The maximum Gasteiger partial charge on any atom is 0.166 e. The molecule has 0 aliphatic rings. The summed E-state index contributed by atoms with van der Waals surface area (Å²) >= 11 is 0. The van der Waals surface area contributed by atoms with Crippen molar-refractivity contribution in [1.29, 1.82) is 0 Å². The molecule has 0 unspecified atom stereocenters. The van der Waals surface area contributed by atoms with E-state index >= 15 is 0 Å². The normalized spacial score (nSPS) is 10.2. The number of rotatable bonds is 4. The molecule has 0 aromatic carbocycles. The second kappa shape index (κ2) is 3.91. The summed E-state index contributed by atoms with van der Waals surface area (Å²) in [6.45, 7) is 0.104. The zero-order valence-electron chi connectivity index (χ0n) is 7.02. The van der Waals surface area contributed by atoms with Gasteiger partial charge in [-0.05, 0) is 10.4 Å². The van der Waals surface area contributed by atoms with E-state index in [1.807, 2.05) is 0 Å². The number of carbonyl (C=O) groups is 1. The summed E-state index contributed by atoms with van der Waals surface area (Å²) in [6, 6.07) is 0. The van der Waals surface area contributed by atoms with E-state index in [4.69, 9.17) is 0 Å². The molecule has 0 spiro atoms. The van der Waals surface area contributed by atoms with Crippen LogP contribution in [0.25, 0.3) is 0 Å². The lowest BCUT2D eigenvalue weighted by Crippen LogP contribution is -2.13. The number of ether oxygens (including phenoxy) is 1. The number of ketones is 1. The Morgan fingerprint density at radius 3 is 2.92 bits per heavy atom. The molecule has 0 atom stereocenters. The Kier molecular flexibility index (Phi) is 2.87. The number of nitrogens with zero attached hydrogens (tertiary/aromatic N) is 4. The fourth-order valence-corrected chi connectivity index (χ4v) is 0.786. The van der Waals surface area contributed by atoms with E-state index < -0.39 is 0 Å². The molecule has 0 fully saturated rings. The molecular weight excluding hydrogens is 160 g/mol. The van der Waals surface area contributed by atoms with Gasteiger partial charge in [0.2, 0.25) is 0 Å². The molecule has 1 aromatic rings. The quantitative estimate of drug-likeness (QED) is 0.577. The Bertz CT molecular complexity index is 270. The van der Waals surface area contributed by atoms with Crippen LogP contribution in [0.2, 0.25) is 0 Å². The van der Waals surface area contributed by atoms with Gasteiger partial charge in [0, 0.05) is 14.2 Å². The molecule has 0 amide bonds. The van der Waals surface area contributed by atoms with E-state index in [-0.39, 0.29) is 18.8 Å². The first kappa shape index (κ1) is 8.79. The van der Waals surface area contributed by atoms with Crippen LogP contribution in [-0.2, 0) is 23.0 Å². The molecule has 1 aromatic heterocycles. The second-order valence-electron chi connectivity index (χ2n) is 2.37. The molecule has 12 heavy (non-hydrogen) atoms. The number of Topliss-reactive ketones (excluding diaryl/α,β-unsaturated/α-hetero) is 1. The van der Waals surface area contributed by atoms with Crippen LogP contribution in [0.4, 0.5) is 0 Å². The van der Waals surface area contributed by atoms with Crippen LogP contribution >= 0.6 is 0 Å². The molecule has 0 bridgehead atoms. The zero-order valence-corrected chi connectivity index (χ0v) is 7.02. The highest BCUT2D eigenvalue weighted by molar-refractivity contribution is 5.81. The summed E-state index contributed by atoms with van der Waals surface area (Å²) in [5, 5.41) is 10.7. The standard InChI is InChI=1S/C6H10N4O2/c1-10-6(7-8-9-10)3-5(11)4-12-2/h3-4H2,1-2H3. The van der Waals surface area contributed by atoms with E-state index in [1.54, 1.807) is 7.05 Å². The van der Waals surface area contributed by atoms with Crippen molar-refractivity contribution in [1.82, 2.24) is 20.2 Å². The molecule has 66 valence electrons. The van der Waals surface area contributed by atoms with Gasteiger partial charge in [-0.1, -0.05) is 0 Å². The fraction of sp³-hybridized carbons (Fsp3) is 0.667. The van der Waals surface area contributed by atoms with Gasteiger partial charge in [0.15, 0.2) is 11.6 Å². The molecule has 0 N–H and O–H groups in total. The first-order chi connectivity index (χ1) is 5.74. The maximum atomic E-state index is 11.0. The minimum absolute atomic E-state index is 0.0320. The van der Waals surface area contributed by atoms with Crippen LogP contribution in [0.1, 0.15) is 5.82 Å². The van der Waals surface area contributed by atoms with Gasteiger partial charge >= 0.3 is 0 Å². The molecule has 0 saturated carbocycles. The number of aromatic nitrogens is 4. The average Bonchev–Trinajstić information content (AvgIpc) is 2.37. The van der Waals surface area contributed by atoms with Gasteiger partial charge in [-0.3, -0.25) is 4.79 Å². The molecule has 6 heteroatoms. The van der Waals surface area contributed by atoms with Gasteiger partial charge in [-0.15, -0.1) is 5.10 Å². The first-order valence-corrected chi connectivity index (χ1v) is 3.46. The molecule has 1 rings (SSSR count). The molecule has 0 radical (unpaired) electrons. The van der Waals surface area contributed by atoms with E-state index in [0.29, 0.717) is 5.82 Å². The van der Waals surface area contributed by atoms with Crippen molar-refractivity contribution in [3.63, 3.8) is 0 Å². The molecule has 0 aliphatic heterocycles. The predicted octanol–water partition coefficient (Wildman–Crippen LogP) is -1.03. The van der Waals surface area contributed by atoms with Crippen molar-refractivity contribution in [3.05, 3.63) is 5.82 Å². The van der Waals surface area contributed by atoms with Gasteiger partial charge in [0.05, 0.1) is 6.42 Å². The Hall–Kier alpha value is -1.30. The van der Waals surface area contributed by atoms with E-state index in [0.717, 1.165) is 0 Å². The Morgan fingerprint density at radius 1 is 1.67 bits per heavy atom. The summed E-state index contributed by atoms with van der Waals surface area (Å²) in [6.07, 6.45) is 0.220. The molecule has 1 heterocycles. The SMILES string of the molecule is COCC(=O)Cc1nnnn1C. The van der Waals surface area contributed by atoms with Crippen LogP contribution in [0.3, 0.4) is 0 Å². The first-order valence-electron chi connectivity index (χ1n) is 3.46. The van der Waals surface area contributed by atoms with Crippen molar-refractivity contribution in [2.45, 2.75) is 6.42 Å². The summed E-state index contributed by atoms with van der Waals surface area (Å²) < 4.78 is 6.13. The minimum Gasteiger partial charge on any atom is -0.377 e. The van der Waals surface area contributed by atoms with Gasteiger partial charge < -0.3 is 4.74 Å². The Morgan fingerprint density at radius 2 is 2.42 bits per heavy atom. The lowest BCUT2D eigenvalue weighted by molar-refractivity contribution is -0.122. The van der Waals surface area contributed by atoms with E-state index in [9.17, 15) is 4.79 Å². The summed E-state index contributed by atoms with van der Waals surface area (Å²) in [7, 11) is 3.17. The highest BCUT2D eigenvalue weighted by atomic mass is 16.5. The Labute approximate surface area is 69.5 Å². The van der Waals surface area contributed by atoms with E-state index in [2.05, 4.69) is 20.3 Å². The topological polar surface area (TPSA) is 69.9 Å². The van der Waals surface area contributed by atoms with Crippen molar-refractivity contribution < 1.29 is 9.53 Å². The maximum absolute atomic E-state index is 11.0. The van der Waals surface area contributed by atoms with Crippen LogP contribution in [0, 0.1) is 0 Å². The third-order valence-corrected chi connectivity index (χ3v) is 1.37. The monoisotopic (exact) mass is 170 g/mol. The van der Waals surface area contributed by atoms with Gasteiger partial charge in [0.1, 0.15) is 6.61 Å². The summed E-state index contributed by atoms with van der Waals surface area (Å²) in [4.78, 5) is 11.0. The van der Waals surface area contributed by atoms with Crippen molar-refractivity contribution in [2.24, 2.45) is 7.05 Å². The highest BCUT2D eigenvalue weighted by Gasteiger charge is 2.08. The van der Waals surface area contributed by atoms with Gasteiger partial charge in [-0.2, -0.15) is 0 Å². The van der Waals surface area contributed by atoms with Gasteiger partial charge in [0.25, 0.3) is 0 Å². The van der Waals surface area contributed by atoms with Crippen LogP contribution < -0.4 is 0 Å². The highest BCUT2D eigenvalue weighted by Crippen LogP contribution is 1.91. The third-order valence-electron chi connectivity index (χ3n) is 1.37. The number of tetrazole rings is 1. The lowest BCUT2D eigenvalue weighted by atomic mass is 10.3. The average molecular weight is 170 g/mol. The minimum atomic E-state index is -0.0320. The summed E-state index contributed by atoms with van der Waals surface area (Å²) in [5.74, 6) is 0.521. The van der Waals surface area contributed by atoms with E-state index in [1.165, 1.54) is 11.8 Å². The van der Waals surface area contributed by atoms with Crippen LogP contribution in [0.15, 0.2) is 0 Å². The van der Waals surface area contributed by atoms with Crippen molar-refractivity contribution in [2.75, 3.05) is 13.7 Å². The largest absolute Gasteiger partial charge is 0.377 e. The van der Waals surface area contributed by atoms with Crippen LogP contribution in [-0.4, -0.2) is 39.7 Å². The van der Waals surface area contributed by atoms with Crippen LogP contribution in [0.5, 0.6) is 0 Å². The fourth-order valence-electron chi connectivity index (χ4n) is 0.786. The molecule has 0 saturated heterocycles. The molecule has 6 nitrogen and oxygen atoms in total. The van der Waals surface area contributed by atoms with Crippen molar-refractivity contribution >= 4 is 5.78 Å².